The Morgan fingerprint density at radius 2 is 2.00 bits per heavy atom. The highest BCUT2D eigenvalue weighted by Crippen LogP contribution is 2.16. The van der Waals surface area contributed by atoms with E-state index in [0.29, 0.717) is 0 Å². The maximum absolute atomic E-state index is 13.7. The Kier molecular flexibility index (Phi) is 5.45. The highest BCUT2D eigenvalue weighted by atomic mass is 19.1. The Balaban J connectivity index is 2.92. The fraction of sp³-hybridized carbons (Fsp3) is 0.500. The van der Waals surface area contributed by atoms with Crippen LogP contribution in [0.3, 0.4) is 0 Å². The van der Waals surface area contributed by atoms with Crippen molar-refractivity contribution in [3.63, 3.8) is 0 Å². The van der Waals surface area contributed by atoms with E-state index in [0.717, 1.165) is 31.2 Å². The summed E-state index contributed by atoms with van der Waals surface area (Å²) in [5.74, 6) is -0.447. The van der Waals surface area contributed by atoms with Crippen LogP contribution in [0.5, 0.6) is 5.75 Å². The number of aryl methyl sites for hydroxylation is 1. The molecule has 1 rings (SSSR count). The SMILES string of the molecule is CCCCCc1cc(F)c(B(O)O)c(OC)c1. The van der Waals surface area contributed by atoms with Gasteiger partial charge in [0.2, 0.25) is 0 Å². The highest BCUT2D eigenvalue weighted by molar-refractivity contribution is 6.59. The van der Waals surface area contributed by atoms with Crippen molar-refractivity contribution in [1.82, 2.24) is 0 Å². The van der Waals surface area contributed by atoms with Crippen molar-refractivity contribution >= 4 is 12.6 Å². The lowest BCUT2D eigenvalue weighted by Gasteiger charge is -2.11. The second-order valence-electron chi connectivity index (χ2n) is 4.02. The van der Waals surface area contributed by atoms with Crippen LogP contribution in [0.25, 0.3) is 0 Å². The summed E-state index contributed by atoms with van der Waals surface area (Å²) in [4.78, 5) is 0. The monoisotopic (exact) mass is 240 g/mol. The fourth-order valence-corrected chi connectivity index (χ4v) is 1.79. The molecule has 0 saturated heterocycles. The molecule has 0 unspecified atom stereocenters. The van der Waals surface area contributed by atoms with Gasteiger partial charge in [0.15, 0.2) is 0 Å². The van der Waals surface area contributed by atoms with E-state index in [1.165, 1.54) is 13.2 Å². The molecular formula is C12H18BFO3. The largest absolute Gasteiger partial charge is 0.497 e. The van der Waals surface area contributed by atoms with Gasteiger partial charge in [-0.2, -0.15) is 0 Å². The smallest absolute Gasteiger partial charge is 0.495 e. The normalized spacial score (nSPS) is 10.4. The van der Waals surface area contributed by atoms with Crippen LogP contribution in [-0.4, -0.2) is 24.3 Å². The van der Waals surface area contributed by atoms with Gasteiger partial charge in [-0.3, -0.25) is 0 Å². The number of ether oxygens (including phenoxy) is 1. The first-order valence-corrected chi connectivity index (χ1v) is 5.82. The minimum Gasteiger partial charge on any atom is -0.497 e. The third-order valence-corrected chi connectivity index (χ3v) is 2.70. The number of halogens is 1. The van der Waals surface area contributed by atoms with E-state index in [-0.39, 0.29) is 11.2 Å². The van der Waals surface area contributed by atoms with E-state index < -0.39 is 12.9 Å². The standard InChI is InChI=1S/C12H18BFO3/c1-3-4-5-6-9-7-10(14)12(13(15)16)11(8-9)17-2/h7-8,15-16H,3-6H2,1-2H3. The second kappa shape index (κ2) is 6.62. The lowest BCUT2D eigenvalue weighted by atomic mass is 9.78. The van der Waals surface area contributed by atoms with Gasteiger partial charge in [-0.1, -0.05) is 19.8 Å². The minimum absolute atomic E-state index is 0.187. The Labute approximate surface area is 101 Å². The zero-order valence-corrected chi connectivity index (χ0v) is 10.2. The molecule has 0 spiro atoms. The first-order chi connectivity index (χ1) is 8.10. The Bertz CT molecular complexity index is 369. The van der Waals surface area contributed by atoms with Gasteiger partial charge in [-0.25, -0.2) is 4.39 Å². The van der Waals surface area contributed by atoms with E-state index >= 15 is 0 Å². The molecule has 3 nitrogen and oxygen atoms in total. The van der Waals surface area contributed by atoms with Crippen molar-refractivity contribution in [2.45, 2.75) is 32.6 Å². The zero-order chi connectivity index (χ0) is 12.8. The first-order valence-electron chi connectivity index (χ1n) is 5.82. The van der Waals surface area contributed by atoms with Gasteiger partial charge < -0.3 is 14.8 Å². The molecule has 17 heavy (non-hydrogen) atoms. The van der Waals surface area contributed by atoms with Crippen LogP contribution in [0.1, 0.15) is 31.7 Å². The maximum Gasteiger partial charge on any atom is 0.495 e. The molecule has 0 radical (unpaired) electrons. The average Bonchev–Trinajstić information content (AvgIpc) is 2.27. The quantitative estimate of drug-likeness (QED) is 0.581. The number of rotatable bonds is 6. The highest BCUT2D eigenvalue weighted by Gasteiger charge is 2.22. The molecule has 0 heterocycles. The van der Waals surface area contributed by atoms with Crippen molar-refractivity contribution in [3.8, 4) is 5.75 Å². The van der Waals surface area contributed by atoms with E-state index in [4.69, 9.17) is 14.8 Å². The summed E-state index contributed by atoms with van der Waals surface area (Å²) in [7, 11) is -0.467. The van der Waals surface area contributed by atoms with Crippen LogP contribution in [0, 0.1) is 5.82 Å². The Hall–Kier alpha value is -1.07. The van der Waals surface area contributed by atoms with Crippen LogP contribution in [0.4, 0.5) is 4.39 Å². The predicted molar refractivity (Wildman–Crippen MR) is 66.0 cm³/mol. The first kappa shape index (κ1) is 14.0. The van der Waals surface area contributed by atoms with Crippen molar-refractivity contribution in [3.05, 3.63) is 23.5 Å². The number of methoxy groups -OCH3 is 1. The lowest BCUT2D eigenvalue weighted by Crippen LogP contribution is -2.34. The predicted octanol–water partition coefficient (Wildman–Crippen LogP) is 1.25. The molecule has 0 aliphatic rings. The van der Waals surface area contributed by atoms with Crippen LogP contribution in [0.2, 0.25) is 0 Å². The molecule has 2 N–H and O–H groups in total. The third-order valence-electron chi connectivity index (χ3n) is 2.70. The molecular weight excluding hydrogens is 222 g/mol. The van der Waals surface area contributed by atoms with Crippen LogP contribution in [-0.2, 0) is 6.42 Å². The molecule has 0 aromatic heterocycles. The topological polar surface area (TPSA) is 49.7 Å². The van der Waals surface area contributed by atoms with Crippen molar-refractivity contribution in [2.24, 2.45) is 0 Å². The number of benzene rings is 1. The third kappa shape index (κ3) is 3.72. The zero-order valence-electron chi connectivity index (χ0n) is 10.2. The molecule has 1 aromatic rings. The minimum atomic E-state index is -1.85. The van der Waals surface area contributed by atoms with Gasteiger partial charge in [-0.15, -0.1) is 0 Å². The van der Waals surface area contributed by atoms with Crippen LogP contribution >= 0.6 is 0 Å². The van der Waals surface area contributed by atoms with E-state index in [2.05, 4.69) is 6.92 Å². The molecule has 0 bridgehead atoms. The van der Waals surface area contributed by atoms with Gasteiger partial charge in [0, 0.05) is 0 Å². The number of hydrogen-bond acceptors (Lipinski definition) is 3. The number of hydrogen-bond donors (Lipinski definition) is 2. The van der Waals surface area contributed by atoms with Gasteiger partial charge in [-0.05, 0) is 30.5 Å². The summed E-state index contributed by atoms with van der Waals surface area (Å²) >= 11 is 0. The average molecular weight is 240 g/mol. The Morgan fingerprint density at radius 3 is 2.53 bits per heavy atom. The molecule has 0 saturated carbocycles. The molecule has 0 amide bonds. The maximum atomic E-state index is 13.7. The molecule has 0 aliphatic carbocycles. The molecule has 5 heteroatoms. The fourth-order valence-electron chi connectivity index (χ4n) is 1.79. The second-order valence-corrected chi connectivity index (χ2v) is 4.02. The summed E-state index contributed by atoms with van der Waals surface area (Å²) in [6.45, 7) is 2.10. The van der Waals surface area contributed by atoms with Gasteiger partial charge >= 0.3 is 7.12 Å². The molecule has 0 fully saturated rings. The van der Waals surface area contributed by atoms with Crippen LogP contribution < -0.4 is 10.2 Å². The van der Waals surface area contributed by atoms with Crippen molar-refractivity contribution in [1.29, 1.82) is 0 Å². The van der Waals surface area contributed by atoms with Gasteiger partial charge in [0.1, 0.15) is 11.6 Å². The summed E-state index contributed by atoms with van der Waals surface area (Å²) in [5.41, 5.74) is 0.615. The Morgan fingerprint density at radius 1 is 1.29 bits per heavy atom. The summed E-state index contributed by atoms with van der Waals surface area (Å²) < 4.78 is 18.6. The van der Waals surface area contributed by atoms with Crippen molar-refractivity contribution in [2.75, 3.05) is 7.11 Å². The lowest BCUT2D eigenvalue weighted by molar-refractivity contribution is 0.398. The van der Waals surface area contributed by atoms with Crippen molar-refractivity contribution < 1.29 is 19.2 Å². The van der Waals surface area contributed by atoms with E-state index in [1.54, 1.807) is 6.07 Å². The molecule has 0 aliphatic heterocycles. The van der Waals surface area contributed by atoms with E-state index in [9.17, 15) is 4.39 Å². The summed E-state index contributed by atoms with van der Waals surface area (Å²) in [6.07, 6.45) is 3.95. The summed E-state index contributed by atoms with van der Waals surface area (Å²) in [6, 6.07) is 3.00. The number of unbranched alkanes of at least 4 members (excludes halogenated alkanes) is 2. The summed E-state index contributed by atoms with van der Waals surface area (Å²) in [5, 5.41) is 18.1. The molecule has 94 valence electrons. The van der Waals surface area contributed by atoms with E-state index in [1.807, 2.05) is 0 Å². The van der Waals surface area contributed by atoms with Crippen LogP contribution in [0.15, 0.2) is 12.1 Å². The van der Waals surface area contributed by atoms with Gasteiger partial charge in [0.05, 0.1) is 12.6 Å². The van der Waals surface area contributed by atoms with Gasteiger partial charge in [0.25, 0.3) is 0 Å². The molecule has 0 atom stereocenters. The molecule has 1 aromatic carbocycles.